The molecule has 0 spiro atoms. The molecular formula is C45H46N8O6S2. The molecule has 0 saturated heterocycles. The van der Waals surface area contributed by atoms with Crippen molar-refractivity contribution in [2.75, 3.05) is 7.11 Å². The van der Waals surface area contributed by atoms with Crippen LogP contribution < -0.4 is 0 Å². The minimum atomic E-state index is -3.83. The van der Waals surface area contributed by atoms with Gasteiger partial charge >= 0.3 is 0 Å². The molecule has 0 aliphatic heterocycles. The molecular weight excluding hydrogens is 813 g/mol. The Morgan fingerprint density at radius 2 is 1.02 bits per heavy atom. The topological polar surface area (TPSA) is 169 Å². The lowest BCUT2D eigenvalue weighted by Crippen LogP contribution is -2.24. The zero-order valence-electron chi connectivity index (χ0n) is 34.1. The summed E-state index contributed by atoms with van der Waals surface area (Å²) in [6.07, 6.45) is 21.1. The van der Waals surface area contributed by atoms with Gasteiger partial charge in [0.25, 0.3) is 20.0 Å². The third-order valence-corrected chi connectivity index (χ3v) is 15.5. The van der Waals surface area contributed by atoms with E-state index in [1.807, 2.05) is 38.6 Å². The summed E-state index contributed by atoms with van der Waals surface area (Å²) >= 11 is 0. The fourth-order valence-corrected chi connectivity index (χ4v) is 11.5. The predicted octanol–water partition coefficient (Wildman–Crippen LogP) is 7.52. The van der Waals surface area contributed by atoms with E-state index in [-0.39, 0.29) is 15.4 Å². The number of methoxy groups -OCH3 is 1. The van der Waals surface area contributed by atoms with Crippen LogP contribution >= 0.6 is 0 Å². The van der Waals surface area contributed by atoms with Crippen LogP contribution in [-0.4, -0.2) is 66.5 Å². The van der Waals surface area contributed by atoms with Crippen LogP contribution in [-0.2, 0) is 50.1 Å². The van der Waals surface area contributed by atoms with Gasteiger partial charge in [0.2, 0.25) is 0 Å². The molecule has 16 heteroatoms. The number of aromatic nitrogens is 8. The SMILES string of the molecule is COC1(c2cnc3c(c2)c(-c2cnn(C)c2)cn3S(=O)(=O)c2ccccc2)CCCC1.Cn1cc(-c2cn(S(=O)(=O)c3ccccc3)c3ncc(C4(O)CCCC4)cc23)cn1. The average Bonchev–Trinajstić information content (AvgIpc) is 4.14. The Labute approximate surface area is 354 Å². The quantitative estimate of drug-likeness (QED) is 0.153. The van der Waals surface area contributed by atoms with Crippen molar-refractivity contribution in [3.05, 3.63) is 133 Å². The Morgan fingerprint density at radius 3 is 1.44 bits per heavy atom. The Balaban J connectivity index is 0.000000156. The van der Waals surface area contributed by atoms with E-state index in [1.54, 1.807) is 114 Å². The molecule has 6 heterocycles. The molecule has 2 aromatic carbocycles. The van der Waals surface area contributed by atoms with Gasteiger partial charge in [-0.25, -0.2) is 34.7 Å². The van der Waals surface area contributed by atoms with E-state index in [2.05, 4.69) is 20.2 Å². The molecule has 10 rings (SSSR count). The lowest BCUT2D eigenvalue weighted by atomic mass is 9.92. The maximum Gasteiger partial charge on any atom is 0.269 e. The van der Waals surface area contributed by atoms with Crippen molar-refractivity contribution in [1.82, 2.24) is 37.5 Å². The van der Waals surface area contributed by atoms with E-state index in [9.17, 15) is 21.9 Å². The molecule has 0 atom stereocenters. The van der Waals surface area contributed by atoms with Gasteiger partial charge < -0.3 is 9.84 Å². The molecule has 2 fully saturated rings. The summed E-state index contributed by atoms with van der Waals surface area (Å²) < 4.78 is 65.4. The summed E-state index contributed by atoms with van der Waals surface area (Å²) in [6.45, 7) is 0. The van der Waals surface area contributed by atoms with Crippen molar-refractivity contribution in [3.63, 3.8) is 0 Å². The van der Waals surface area contributed by atoms with Gasteiger partial charge in [0.15, 0.2) is 11.3 Å². The van der Waals surface area contributed by atoms with Crippen molar-refractivity contribution in [1.29, 1.82) is 0 Å². The molecule has 0 amide bonds. The Kier molecular flexibility index (Phi) is 10.3. The number of pyridine rings is 2. The van der Waals surface area contributed by atoms with Gasteiger partial charge in [0.05, 0.1) is 33.4 Å². The fraction of sp³-hybridized carbons (Fsp3) is 0.289. The summed E-state index contributed by atoms with van der Waals surface area (Å²) in [7, 11) is -2.24. The van der Waals surface area contributed by atoms with Crippen LogP contribution in [0.25, 0.3) is 44.3 Å². The molecule has 314 valence electrons. The first-order valence-corrected chi connectivity index (χ1v) is 23.1. The predicted molar refractivity (Wildman–Crippen MR) is 231 cm³/mol. The van der Waals surface area contributed by atoms with Crippen molar-refractivity contribution < 1.29 is 26.7 Å². The van der Waals surface area contributed by atoms with E-state index >= 15 is 0 Å². The highest BCUT2D eigenvalue weighted by Crippen LogP contribution is 2.44. The molecule has 8 aromatic rings. The molecule has 61 heavy (non-hydrogen) atoms. The Bertz CT molecular complexity index is 3110. The first-order chi connectivity index (χ1) is 29.3. The summed E-state index contributed by atoms with van der Waals surface area (Å²) in [5, 5.41) is 21.0. The van der Waals surface area contributed by atoms with Gasteiger partial charge in [-0.1, -0.05) is 62.1 Å². The van der Waals surface area contributed by atoms with Gasteiger partial charge in [-0.15, -0.1) is 0 Å². The minimum absolute atomic E-state index is 0.194. The standard InChI is InChI=1S/C23H24N4O3S.C22H22N4O3S/c1-26-15-17(13-25-26)21-16-27(31(28,29)19-8-4-3-5-9-19)22-20(21)12-18(14-24-22)23(30-2)10-6-7-11-23;1-25-14-16(12-24-25)20-15-26(30(28,29)18-7-3-2-4-8-18)21-19(20)11-17(13-23-21)22(27)9-5-6-10-22/h3-5,8-9,12-16H,6-7,10-11H2,1-2H3;2-4,7-8,11-15,27H,5-6,9-10H2,1H3. The summed E-state index contributed by atoms with van der Waals surface area (Å²) in [5.74, 6) is 0. The second kappa shape index (κ2) is 15.5. The molecule has 0 radical (unpaired) electrons. The van der Waals surface area contributed by atoms with Crippen molar-refractivity contribution in [2.45, 2.75) is 72.4 Å². The second-order valence-corrected chi connectivity index (χ2v) is 19.6. The zero-order chi connectivity index (χ0) is 42.6. The van der Waals surface area contributed by atoms with Crippen LogP contribution in [0.15, 0.2) is 132 Å². The molecule has 6 aromatic heterocycles. The number of aryl methyl sites for hydroxylation is 2. The monoisotopic (exact) mass is 858 g/mol. The van der Waals surface area contributed by atoms with E-state index < -0.39 is 25.6 Å². The highest BCUT2D eigenvalue weighted by atomic mass is 32.2. The maximum absolute atomic E-state index is 13.4. The Hall–Kier alpha value is -5.94. The average molecular weight is 859 g/mol. The largest absolute Gasteiger partial charge is 0.385 e. The second-order valence-electron chi connectivity index (χ2n) is 16.0. The van der Waals surface area contributed by atoms with Gasteiger partial charge in [-0.2, -0.15) is 10.2 Å². The highest BCUT2D eigenvalue weighted by molar-refractivity contribution is 7.90. The lowest BCUT2D eigenvalue weighted by Gasteiger charge is -2.27. The van der Waals surface area contributed by atoms with E-state index in [4.69, 9.17) is 4.74 Å². The van der Waals surface area contributed by atoms with Gasteiger partial charge in [-0.3, -0.25) is 9.36 Å². The van der Waals surface area contributed by atoms with E-state index in [0.717, 1.165) is 71.7 Å². The van der Waals surface area contributed by atoms with Gasteiger partial charge in [0, 0.05) is 103 Å². The number of hydrogen-bond donors (Lipinski definition) is 1. The highest BCUT2D eigenvalue weighted by Gasteiger charge is 2.37. The molecule has 2 aliphatic rings. The molecule has 0 unspecified atom stereocenters. The number of fused-ring (bicyclic) bond motifs is 2. The molecule has 0 bridgehead atoms. The zero-order valence-corrected chi connectivity index (χ0v) is 35.7. The number of hydrogen-bond acceptors (Lipinski definition) is 10. The first kappa shape index (κ1) is 40.5. The summed E-state index contributed by atoms with van der Waals surface area (Å²) in [5.41, 5.74) is 4.30. The van der Waals surface area contributed by atoms with Crippen molar-refractivity contribution >= 4 is 42.1 Å². The van der Waals surface area contributed by atoms with Crippen LogP contribution in [0.2, 0.25) is 0 Å². The molecule has 14 nitrogen and oxygen atoms in total. The summed E-state index contributed by atoms with van der Waals surface area (Å²) in [6, 6.07) is 20.7. The third-order valence-electron chi connectivity index (χ3n) is 12.2. The van der Waals surface area contributed by atoms with Crippen LogP contribution in [0.4, 0.5) is 0 Å². The number of rotatable bonds is 9. The maximum atomic E-state index is 13.4. The van der Waals surface area contributed by atoms with Crippen LogP contribution in [0.5, 0.6) is 0 Å². The lowest BCUT2D eigenvalue weighted by molar-refractivity contribution is -0.00884. The first-order valence-electron chi connectivity index (χ1n) is 20.2. The van der Waals surface area contributed by atoms with Gasteiger partial charge in [0.1, 0.15) is 0 Å². The number of benzene rings is 2. The Morgan fingerprint density at radius 1 is 0.590 bits per heavy atom. The van der Waals surface area contributed by atoms with Crippen LogP contribution in [0, 0.1) is 0 Å². The van der Waals surface area contributed by atoms with E-state index in [1.165, 1.54) is 7.94 Å². The normalized spacial score (nSPS) is 16.3. The summed E-state index contributed by atoms with van der Waals surface area (Å²) in [4.78, 5) is 9.57. The smallest absolute Gasteiger partial charge is 0.269 e. The van der Waals surface area contributed by atoms with Crippen LogP contribution in [0.1, 0.15) is 62.5 Å². The number of ether oxygens (including phenoxy) is 1. The molecule has 1 N–H and O–H groups in total. The van der Waals surface area contributed by atoms with E-state index in [0.29, 0.717) is 35.1 Å². The van der Waals surface area contributed by atoms with Crippen LogP contribution in [0.3, 0.4) is 0 Å². The molecule has 2 saturated carbocycles. The number of aliphatic hydroxyl groups is 1. The minimum Gasteiger partial charge on any atom is -0.385 e. The third kappa shape index (κ3) is 7.16. The van der Waals surface area contributed by atoms with Crippen molar-refractivity contribution in [3.8, 4) is 22.3 Å². The number of nitrogens with zero attached hydrogens (tertiary/aromatic N) is 8. The molecule has 2 aliphatic carbocycles. The fourth-order valence-electron chi connectivity index (χ4n) is 8.83. The van der Waals surface area contributed by atoms with Crippen molar-refractivity contribution in [2.24, 2.45) is 14.1 Å². The van der Waals surface area contributed by atoms with Gasteiger partial charge in [-0.05, 0) is 62.1 Å².